The third kappa shape index (κ3) is 3.66. The Morgan fingerprint density at radius 2 is 1.50 bits per heavy atom. The van der Waals surface area contributed by atoms with E-state index in [1.165, 1.54) is 12.5 Å². The van der Waals surface area contributed by atoms with Gasteiger partial charge in [0, 0.05) is 45.3 Å². The van der Waals surface area contributed by atoms with Crippen LogP contribution in [0.3, 0.4) is 0 Å². The maximum atomic E-state index is 13.0. The van der Waals surface area contributed by atoms with E-state index in [1.54, 1.807) is 4.31 Å². The molecule has 0 spiro atoms. The quantitative estimate of drug-likeness (QED) is 0.688. The molecule has 1 saturated carbocycles. The number of piperidine rings is 3. The Hall–Kier alpha value is -1.61. The third-order valence-electron chi connectivity index (χ3n) is 6.78. The van der Waals surface area contributed by atoms with Gasteiger partial charge in [0.25, 0.3) is 0 Å². The van der Waals surface area contributed by atoms with Gasteiger partial charge in [-0.1, -0.05) is 6.58 Å². The van der Waals surface area contributed by atoms with Crippen molar-refractivity contribution < 1.29 is 18.0 Å². The first-order valence-electron chi connectivity index (χ1n) is 10.4. The van der Waals surface area contributed by atoms with Crippen LogP contribution in [0.1, 0.15) is 32.1 Å². The normalized spacial score (nSPS) is 31.4. The number of hydrogen-bond acceptors (Lipinski definition) is 4. The Labute approximate surface area is 167 Å². The first-order chi connectivity index (χ1) is 13.4. The summed E-state index contributed by atoms with van der Waals surface area (Å²) in [6.45, 7) is 7.08. The fraction of sp³-hybridized carbons (Fsp3) is 0.789. The van der Waals surface area contributed by atoms with Gasteiger partial charge in [0.05, 0.1) is 5.25 Å². The molecule has 3 amide bonds. The summed E-state index contributed by atoms with van der Waals surface area (Å²) in [5.74, 6) is 0.249. The maximum Gasteiger partial charge on any atom is 0.319 e. The van der Waals surface area contributed by atoms with Crippen LogP contribution < -0.4 is 5.32 Å². The Morgan fingerprint density at radius 3 is 2.07 bits per heavy atom. The van der Waals surface area contributed by atoms with Gasteiger partial charge in [0.1, 0.15) is 0 Å². The number of fused-ring (bicyclic) bond motifs is 1. The highest BCUT2D eigenvalue weighted by atomic mass is 32.2. The first kappa shape index (κ1) is 19.7. The molecule has 0 aromatic carbocycles. The summed E-state index contributed by atoms with van der Waals surface area (Å²) in [6, 6.07) is 0.153. The Morgan fingerprint density at radius 1 is 0.929 bits per heavy atom. The lowest BCUT2D eigenvalue weighted by atomic mass is 10.1. The Bertz CT molecular complexity index is 729. The van der Waals surface area contributed by atoms with Gasteiger partial charge in [-0.05, 0) is 50.0 Å². The molecule has 0 radical (unpaired) electrons. The van der Waals surface area contributed by atoms with Crippen LogP contribution in [0, 0.1) is 11.8 Å². The number of sulfonamides is 1. The average Bonchev–Trinajstić information content (AvgIpc) is 3.14. The molecular formula is C19H30N4O4S. The molecule has 3 saturated heterocycles. The standard InChI is InChI=1S/C19H30N4O4S/c1-2-17(24)20-18-15-12-23(13-16(15)18)28(26,27)14-6-10-22(11-7-14)19(25)21-8-4-3-5-9-21/h2,14-16,18H,1,3-13H2,(H,20,24). The minimum atomic E-state index is -3.35. The fourth-order valence-corrected chi connectivity index (χ4v) is 6.96. The zero-order valence-corrected chi connectivity index (χ0v) is 17.1. The molecule has 28 heavy (non-hydrogen) atoms. The summed E-state index contributed by atoms with van der Waals surface area (Å²) in [6.07, 6.45) is 5.56. The molecule has 3 aliphatic heterocycles. The molecule has 8 nitrogen and oxygen atoms in total. The Kier molecular flexibility index (Phi) is 5.39. The fourth-order valence-electron chi connectivity index (χ4n) is 4.97. The average molecular weight is 411 g/mol. The molecule has 156 valence electrons. The zero-order chi connectivity index (χ0) is 19.9. The van der Waals surface area contributed by atoms with E-state index in [1.807, 2.05) is 9.80 Å². The molecule has 4 aliphatic rings. The molecule has 1 N–H and O–H groups in total. The number of likely N-dealkylation sites (tertiary alicyclic amines) is 2. The lowest BCUT2D eigenvalue weighted by Gasteiger charge is -2.37. The first-order valence-corrected chi connectivity index (χ1v) is 11.9. The molecule has 4 rings (SSSR count). The SMILES string of the molecule is C=CC(=O)NC1C2CN(S(=O)(=O)C3CCN(C(=O)N4CCCCC4)CC3)CC21. The van der Waals surface area contributed by atoms with Crippen LogP contribution in [0.4, 0.5) is 4.79 Å². The van der Waals surface area contributed by atoms with E-state index in [2.05, 4.69) is 11.9 Å². The van der Waals surface area contributed by atoms with Gasteiger partial charge in [0.15, 0.2) is 0 Å². The van der Waals surface area contributed by atoms with Crippen LogP contribution in [0.25, 0.3) is 0 Å². The van der Waals surface area contributed by atoms with Crippen LogP contribution in [0.15, 0.2) is 12.7 Å². The Balaban J connectivity index is 1.27. The topological polar surface area (TPSA) is 90.0 Å². The summed E-state index contributed by atoms with van der Waals surface area (Å²) in [5, 5.41) is 2.47. The largest absolute Gasteiger partial charge is 0.349 e. The molecule has 0 bridgehead atoms. The highest BCUT2D eigenvalue weighted by molar-refractivity contribution is 7.89. The molecule has 1 aliphatic carbocycles. The van der Waals surface area contributed by atoms with Crippen molar-refractivity contribution in [3.05, 3.63) is 12.7 Å². The van der Waals surface area contributed by atoms with Gasteiger partial charge >= 0.3 is 6.03 Å². The molecule has 3 heterocycles. The lowest BCUT2D eigenvalue weighted by Crippen LogP contribution is -2.51. The van der Waals surface area contributed by atoms with E-state index >= 15 is 0 Å². The third-order valence-corrected chi connectivity index (χ3v) is 9.11. The van der Waals surface area contributed by atoms with Crippen molar-refractivity contribution in [1.82, 2.24) is 19.4 Å². The van der Waals surface area contributed by atoms with E-state index in [-0.39, 0.29) is 29.8 Å². The number of amides is 3. The van der Waals surface area contributed by atoms with Crippen molar-refractivity contribution in [2.75, 3.05) is 39.3 Å². The van der Waals surface area contributed by atoms with Crippen molar-refractivity contribution in [1.29, 1.82) is 0 Å². The molecule has 0 aromatic rings. The van der Waals surface area contributed by atoms with Crippen LogP contribution in [0.2, 0.25) is 0 Å². The zero-order valence-electron chi connectivity index (χ0n) is 16.3. The minimum Gasteiger partial charge on any atom is -0.349 e. The van der Waals surface area contributed by atoms with Crippen molar-refractivity contribution in [2.24, 2.45) is 11.8 Å². The predicted molar refractivity (Wildman–Crippen MR) is 105 cm³/mol. The number of nitrogens with one attached hydrogen (secondary N) is 1. The molecule has 9 heteroatoms. The predicted octanol–water partition coefficient (Wildman–Crippen LogP) is 0.619. The minimum absolute atomic E-state index is 0.0683. The molecule has 2 unspecified atom stereocenters. The van der Waals surface area contributed by atoms with E-state index in [9.17, 15) is 18.0 Å². The van der Waals surface area contributed by atoms with E-state index < -0.39 is 15.3 Å². The number of nitrogens with zero attached hydrogens (tertiary/aromatic N) is 3. The summed E-state index contributed by atoms with van der Waals surface area (Å²) >= 11 is 0. The molecule has 2 atom stereocenters. The summed E-state index contributed by atoms with van der Waals surface area (Å²) in [7, 11) is -3.35. The smallest absolute Gasteiger partial charge is 0.319 e. The summed E-state index contributed by atoms with van der Waals surface area (Å²) in [5.41, 5.74) is 0. The number of carbonyl (C=O) groups excluding carboxylic acids is 2. The monoisotopic (exact) mass is 410 g/mol. The maximum absolute atomic E-state index is 13.0. The second-order valence-electron chi connectivity index (χ2n) is 8.44. The van der Waals surface area contributed by atoms with Crippen LogP contribution in [-0.2, 0) is 14.8 Å². The van der Waals surface area contributed by atoms with Crippen molar-refractivity contribution in [3.8, 4) is 0 Å². The van der Waals surface area contributed by atoms with Crippen LogP contribution in [0.5, 0.6) is 0 Å². The second-order valence-corrected chi connectivity index (χ2v) is 10.7. The van der Waals surface area contributed by atoms with Crippen molar-refractivity contribution in [3.63, 3.8) is 0 Å². The number of urea groups is 1. The van der Waals surface area contributed by atoms with Crippen LogP contribution >= 0.6 is 0 Å². The highest BCUT2D eigenvalue weighted by Crippen LogP contribution is 2.47. The van der Waals surface area contributed by atoms with E-state index in [4.69, 9.17) is 0 Å². The number of carbonyl (C=O) groups is 2. The van der Waals surface area contributed by atoms with Gasteiger partial charge in [-0.3, -0.25) is 4.79 Å². The van der Waals surface area contributed by atoms with Gasteiger partial charge in [-0.15, -0.1) is 0 Å². The highest BCUT2D eigenvalue weighted by Gasteiger charge is 2.59. The van der Waals surface area contributed by atoms with Crippen molar-refractivity contribution >= 4 is 22.0 Å². The van der Waals surface area contributed by atoms with Gasteiger partial charge in [-0.2, -0.15) is 0 Å². The lowest BCUT2D eigenvalue weighted by molar-refractivity contribution is -0.116. The second kappa shape index (κ2) is 7.67. The summed E-state index contributed by atoms with van der Waals surface area (Å²) in [4.78, 5) is 27.8. The van der Waals surface area contributed by atoms with Crippen LogP contribution in [-0.4, -0.2) is 85.0 Å². The van der Waals surface area contributed by atoms with Gasteiger partial charge < -0.3 is 15.1 Å². The van der Waals surface area contributed by atoms with Crippen molar-refractivity contribution in [2.45, 2.75) is 43.4 Å². The van der Waals surface area contributed by atoms with Gasteiger partial charge in [0.2, 0.25) is 15.9 Å². The van der Waals surface area contributed by atoms with E-state index in [0.717, 1.165) is 25.9 Å². The number of rotatable bonds is 4. The molecule has 4 fully saturated rings. The molecule has 0 aromatic heterocycles. The molecular weight excluding hydrogens is 380 g/mol. The number of hydrogen-bond donors (Lipinski definition) is 1. The summed E-state index contributed by atoms with van der Waals surface area (Å²) < 4.78 is 27.7. The van der Waals surface area contributed by atoms with E-state index in [0.29, 0.717) is 39.0 Å². The van der Waals surface area contributed by atoms with Gasteiger partial charge in [-0.25, -0.2) is 17.5 Å².